The summed E-state index contributed by atoms with van der Waals surface area (Å²) in [5.74, 6) is -0.591. The number of benzene rings is 1. The molecule has 0 saturated carbocycles. The number of rotatable bonds is 8. The zero-order chi connectivity index (χ0) is 16.8. The van der Waals surface area contributed by atoms with Gasteiger partial charge in [0.25, 0.3) is 0 Å². The predicted molar refractivity (Wildman–Crippen MR) is 81.9 cm³/mol. The predicted octanol–water partition coefficient (Wildman–Crippen LogP) is 3.14. The van der Waals surface area contributed by atoms with Gasteiger partial charge in [-0.05, 0) is 18.1 Å². The van der Waals surface area contributed by atoms with Crippen LogP contribution in [0.25, 0.3) is 0 Å². The summed E-state index contributed by atoms with van der Waals surface area (Å²) in [6.45, 7) is -0.657. The first kappa shape index (κ1) is 18.8. The van der Waals surface area contributed by atoms with E-state index in [0.717, 1.165) is 0 Å². The van der Waals surface area contributed by atoms with Crippen LogP contribution in [0.4, 0.5) is 0 Å². The molecule has 0 fully saturated rings. The minimum absolute atomic E-state index is 0.108. The number of halogens is 1. The number of carbonyl (C=O) groups excluding carboxylic acids is 1. The molecule has 2 atom stereocenters. The number of para-hydroxylation sites is 2. The van der Waals surface area contributed by atoms with E-state index in [4.69, 9.17) is 29.9 Å². The molecule has 1 aromatic rings. The van der Waals surface area contributed by atoms with Gasteiger partial charge in [0.2, 0.25) is 0 Å². The molecule has 1 aromatic carbocycles. The molecule has 0 radical (unpaired) electrons. The number of ether oxygens (including phenoxy) is 1. The third-order valence-electron chi connectivity index (χ3n) is 2.64. The van der Waals surface area contributed by atoms with Crippen molar-refractivity contribution in [1.29, 1.82) is 0 Å². The number of hydrogen-bond donors (Lipinski definition) is 1. The fourth-order valence-electron chi connectivity index (χ4n) is 1.58. The monoisotopic (exact) mass is 351 g/mol. The Morgan fingerprint density at radius 1 is 1.23 bits per heavy atom. The van der Waals surface area contributed by atoms with E-state index >= 15 is 0 Å². The Kier molecular flexibility index (Phi) is 7.16. The van der Waals surface area contributed by atoms with Gasteiger partial charge in [0.15, 0.2) is 11.5 Å². The molecule has 1 rings (SSSR count). The molecular formula is C13H19ClNO6P. The second kappa shape index (κ2) is 8.39. The summed E-state index contributed by atoms with van der Waals surface area (Å²) in [6, 6.07) is 5.60. The number of nitrogens with one attached hydrogen (secondary N) is 1. The zero-order valence-electron chi connectivity index (χ0n) is 12.7. The van der Waals surface area contributed by atoms with Crippen LogP contribution >= 0.6 is 18.2 Å². The number of methoxy groups -OCH3 is 1. The fourth-order valence-corrected chi connectivity index (χ4v) is 2.76. The van der Waals surface area contributed by atoms with Crippen molar-refractivity contribution in [1.82, 2.24) is 5.48 Å². The van der Waals surface area contributed by atoms with Gasteiger partial charge in [0.1, 0.15) is 6.04 Å². The lowest BCUT2D eigenvalue weighted by molar-refractivity contribution is -0.142. The molecule has 7 nitrogen and oxygen atoms in total. The van der Waals surface area contributed by atoms with Crippen LogP contribution in [0.2, 0.25) is 0 Å². The van der Waals surface area contributed by atoms with Gasteiger partial charge in [-0.2, -0.15) is 5.48 Å². The molecule has 124 valence electrons. The second-order valence-corrected chi connectivity index (χ2v) is 7.10. The van der Waals surface area contributed by atoms with Crippen molar-refractivity contribution < 1.29 is 28.0 Å². The minimum Gasteiger partial charge on any atom is -0.493 e. The average Bonchev–Trinajstić information content (AvgIpc) is 2.43. The summed E-state index contributed by atoms with van der Waals surface area (Å²) in [6.07, 6.45) is 0. The highest BCUT2D eigenvalue weighted by molar-refractivity contribution is 7.82. The number of hydrogen-bond acceptors (Lipinski definition) is 7. The van der Waals surface area contributed by atoms with E-state index in [2.05, 4.69) is 5.48 Å². The summed E-state index contributed by atoms with van der Waals surface area (Å²) in [4.78, 5) is 16.7. The standard InChI is InChI=1S/C13H19ClNO6P/c1-9(2)12(15-19-4)13(16)21-22(14,17)20-11-8-6-5-7-10(11)18-3/h5-9,12,15H,1-4H3/t12-,22?/m0/s1. The van der Waals surface area contributed by atoms with E-state index in [1.807, 2.05) is 0 Å². The highest BCUT2D eigenvalue weighted by Gasteiger charge is 2.34. The Bertz CT molecular complexity index is 553. The van der Waals surface area contributed by atoms with Gasteiger partial charge in [0, 0.05) is 11.2 Å². The van der Waals surface area contributed by atoms with Crippen LogP contribution < -0.4 is 14.7 Å². The third kappa shape index (κ3) is 5.50. The van der Waals surface area contributed by atoms with E-state index in [0.29, 0.717) is 5.75 Å². The van der Waals surface area contributed by atoms with Gasteiger partial charge in [-0.3, -0.25) is 0 Å². The van der Waals surface area contributed by atoms with Gasteiger partial charge < -0.3 is 18.6 Å². The lowest BCUT2D eigenvalue weighted by Crippen LogP contribution is -2.41. The van der Waals surface area contributed by atoms with E-state index in [-0.39, 0.29) is 11.7 Å². The Morgan fingerprint density at radius 2 is 1.82 bits per heavy atom. The van der Waals surface area contributed by atoms with E-state index in [1.54, 1.807) is 32.0 Å². The molecule has 0 spiro atoms. The van der Waals surface area contributed by atoms with Crippen LogP contribution in [-0.2, 0) is 18.7 Å². The largest absolute Gasteiger partial charge is 0.532 e. The van der Waals surface area contributed by atoms with Gasteiger partial charge in [-0.15, -0.1) is 0 Å². The van der Waals surface area contributed by atoms with Crippen molar-refractivity contribution in [2.75, 3.05) is 14.2 Å². The Morgan fingerprint density at radius 3 is 2.32 bits per heavy atom. The summed E-state index contributed by atoms with van der Waals surface area (Å²) < 4.78 is 27.1. The molecular weight excluding hydrogens is 333 g/mol. The SMILES string of the molecule is CON[C@H](C(=O)OP(=O)(Cl)Oc1ccccc1OC)C(C)C. The number of carbonyl (C=O) groups is 1. The topological polar surface area (TPSA) is 83.1 Å². The van der Waals surface area contributed by atoms with Gasteiger partial charge >= 0.3 is 12.9 Å². The minimum atomic E-state index is -4.18. The lowest BCUT2D eigenvalue weighted by atomic mass is 10.1. The summed E-state index contributed by atoms with van der Waals surface area (Å²) >= 11 is 5.71. The van der Waals surface area contributed by atoms with E-state index in [9.17, 15) is 9.36 Å². The van der Waals surface area contributed by atoms with Crippen LogP contribution in [-0.4, -0.2) is 26.2 Å². The molecule has 1 unspecified atom stereocenters. The fraction of sp³-hybridized carbons (Fsp3) is 0.462. The van der Waals surface area contributed by atoms with Crippen LogP contribution in [0, 0.1) is 5.92 Å². The van der Waals surface area contributed by atoms with Crippen molar-refractivity contribution >= 4 is 24.2 Å². The van der Waals surface area contributed by atoms with Crippen LogP contribution in [0.15, 0.2) is 24.3 Å². The summed E-state index contributed by atoms with van der Waals surface area (Å²) in [5.41, 5.74) is 2.46. The average molecular weight is 352 g/mol. The van der Waals surface area contributed by atoms with Crippen molar-refractivity contribution in [2.45, 2.75) is 19.9 Å². The molecule has 0 bridgehead atoms. The first-order valence-corrected chi connectivity index (χ1v) is 8.89. The van der Waals surface area contributed by atoms with E-state index < -0.39 is 19.0 Å². The first-order valence-electron chi connectivity index (χ1n) is 6.45. The molecule has 0 aliphatic carbocycles. The molecule has 1 N–H and O–H groups in total. The van der Waals surface area contributed by atoms with Crippen molar-refractivity contribution in [3.63, 3.8) is 0 Å². The molecule has 0 aliphatic rings. The smallest absolute Gasteiger partial charge is 0.493 e. The maximum atomic E-state index is 12.2. The third-order valence-corrected chi connectivity index (χ3v) is 3.87. The quantitative estimate of drug-likeness (QED) is 0.569. The Hall–Kier alpha value is -1.27. The Labute approximate surface area is 134 Å². The molecule has 0 amide bonds. The van der Waals surface area contributed by atoms with Crippen LogP contribution in [0.3, 0.4) is 0 Å². The molecule has 9 heteroatoms. The van der Waals surface area contributed by atoms with Crippen molar-refractivity contribution in [3.8, 4) is 11.5 Å². The van der Waals surface area contributed by atoms with Gasteiger partial charge in [-0.25, -0.2) is 9.36 Å². The van der Waals surface area contributed by atoms with Gasteiger partial charge in [0.05, 0.1) is 14.2 Å². The van der Waals surface area contributed by atoms with Gasteiger partial charge in [-0.1, -0.05) is 26.0 Å². The summed E-state index contributed by atoms with van der Waals surface area (Å²) in [7, 11) is 2.78. The first-order chi connectivity index (χ1) is 10.3. The molecule has 22 heavy (non-hydrogen) atoms. The highest BCUT2D eigenvalue weighted by Crippen LogP contribution is 2.55. The van der Waals surface area contributed by atoms with Crippen molar-refractivity contribution in [2.24, 2.45) is 5.92 Å². The molecule has 0 aliphatic heterocycles. The normalized spacial score (nSPS) is 15.0. The zero-order valence-corrected chi connectivity index (χ0v) is 14.4. The lowest BCUT2D eigenvalue weighted by Gasteiger charge is -2.21. The molecule has 0 aromatic heterocycles. The van der Waals surface area contributed by atoms with E-state index in [1.165, 1.54) is 20.3 Å². The molecule has 0 saturated heterocycles. The maximum absolute atomic E-state index is 12.2. The van der Waals surface area contributed by atoms with Crippen molar-refractivity contribution in [3.05, 3.63) is 24.3 Å². The Balaban J connectivity index is 2.82. The summed E-state index contributed by atoms with van der Waals surface area (Å²) in [5, 5.41) is 0. The second-order valence-electron chi connectivity index (χ2n) is 4.63. The number of hydroxylamine groups is 1. The maximum Gasteiger partial charge on any atom is 0.532 e. The van der Waals surface area contributed by atoms with Crippen LogP contribution in [0.1, 0.15) is 13.8 Å². The molecule has 0 heterocycles. The highest BCUT2D eigenvalue weighted by atomic mass is 35.7. The van der Waals surface area contributed by atoms with Crippen LogP contribution in [0.5, 0.6) is 11.5 Å².